The van der Waals surface area contributed by atoms with Gasteiger partial charge in [0.15, 0.2) is 0 Å². The molecule has 1 aliphatic carbocycles. The SMILES string of the molecule is CCC1(CNc2ccc(Br)c(C)n2)CCC1. The van der Waals surface area contributed by atoms with E-state index in [1.807, 2.05) is 13.0 Å². The highest BCUT2D eigenvalue weighted by molar-refractivity contribution is 9.10. The van der Waals surface area contributed by atoms with Gasteiger partial charge >= 0.3 is 0 Å². The molecule has 1 aromatic heterocycles. The van der Waals surface area contributed by atoms with Crippen LogP contribution < -0.4 is 5.32 Å². The van der Waals surface area contributed by atoms with Gasteiger partial charge in [-0.25, -0.2) is 4.98 Å². The summed E-state index contributed by atoms with van der Waals surface area (Å²) < 4.78 is 1.08. The minimum atomic E-state index is 0.544. The minimum absolute atomic E-state index is 0.544. The Morgan fingerprint density at radius 2 is 2.19 bits per heavy atom. The molecule has 1 heterocycles. The molecule has 0 spiro atoms. The summed E-state index contributed by atoms with van der Waals surface area (Å²) in [4.78, 5) is 4.51. The standard InChI is InChI=1S/C13H19BrN2/c1-3-13(7-4-8-13)9-15-12-6-5-11(14)10(2)16-12/h5-6H,3-4,7-9H2,1-2H3,(H,15,16). The van der Waals surface area contributed by atoms with Crippen LogP contribution in [0.5, 0.6) is 0 Å². The van der Waals surface area contributed by atoms with Crippen molar-refractivity contribution in [1.82, 2.24) is 4.98 Å². The third-order valence-corrected chi connectivity index (χ3v) is 4.67. The summed E-state index contributed by atoms with van der Waals surface area (Å²) in [5, 5.41) is 3.47. The number of pyridine rings is 1. The molecule has 1 aliphatic rings. The fraction of sp³-hybridized carbons (Fsp3) is 0.615. The molecule has 2 rings (SSSR count). The molecule has 0 bridgehead atoms. The number of anilines is 1. The van der Waals surface area contributed by atoms with Gasteiger partial charge in [0.2, 0.25) is 0 Å². The minimum Gasteiger partial charge on any atom is -0.370 e. The smallest absolute Gasteiger partial charge is 0.126 e. The van der Waals surface area contributed by atoms with Gasteiger partial charge in [0.25, 0.3) is 0 Å². The van der Waals surface area contributed by atoms with E-state index in [0.717, 1.165) is 22.5 Å². The molecule has 1 fully saturated rings. The molecule has 16 heavy (non-hydrogen) atoms. The molecule has 0 aromatic carbocycles. The number of rotatable bonds is 4. The summed E-state index contributed by atoms with van der Waals surface area (Å²) in [6.07, 6.45) is 5.40. The monoisotopic (exact) mass is 282 g/mol. The molecule has 88 valence electrons. The van der Waals surface area contributed by atoms with Crippen LogP contribution in [0.1, 0.15) is 38.3 Å². The van der Waals surface area contributed by atoms with E-state index in [2.05, 4.69) is 39.2 Å². The maximum absolute atomic E-state index is 4.51. The van der Waals surface area contributed by atoms with Gasteiger partial charge in [-0.1, -0.05) is 13.3 Å². The van der Waals surface area contributed by atoms with E-state index in [-0.39, 0.29) is 0 Å². The third-order valence-electron chi connectivity index (χ3n) is 3.83. The average molecular weight is 283 g/mol. The summed E-state index contributed by atoms with van der Waals surface area (Å²) in [5.41, 5.74) is 1.59. The molecule has 1 N–H and O–H groups in total. The maximum Gasteiger partial charge on any atom is 0.126 e. The van der Waals surface area contributed by atoms with Gasteiger partial charge in [-0.2, -0.15) is 0 Å². The van der Waals surface area contributed by atoms with E-state index >= 15 is 0 Å². The predicted molar refractivity (Wildman–Crippen MR) is 71.7 cm³/mol. The summed E-state index contributed by atoms with van der Waals surface area (Å²) in [6, 6.07) is 4.10. The highest BCUT2D eigenvalue weighted by Gasteiger charge is 2.34. The summed E-state index contributed by atoms with van der Waals surface area (Å²) in [7, 11) is 0. The van der Waals surface area contributed by atoms with Crippen molar-refractivity contribution < 1.29 is 0 Å². The van der Waals surface area contributed by atoms with Crippen molar-refractivity contribution >= 4 is 21.7 Å². The molecule has 0 radical (unpaired) electrons. The fourth-order valence-corrected chi connectivity index (χ4v) is 2.47. The zero-order valence-electron chi connectivity index (χ0n) is 10.0. The lowest BCUT2D eigenvalue weighted by Gasteiger charge is -2.41. The Morgan fingerprint density at radius 3 is 2.69 bits per heavy atom. The van der Waals surface area contributed by atoms with Crippen molar-refractivity contribution in [3.8, 4) is 0 Å². The first-order valence-corrected chi connectivity index (χ1v) is 6.81. The van der Waals surface area contributed by atoms with Crippen LogP contribution in [0.4, 0.5) is 5.82 Å². The Bertz CT molecular complexity index is 367. The highest BCUT2D eigenvalue weighted by atomic mass is 79.9. The van der Waals surface area contributed by atoms with Gasteiger partial charge in [0.1, 0.15) is 5.82 Å². The maximum atomic E-state index is 4.51. The van der Waals surface area contributed by atoms with Crippen LogP contribution in [-0.2, 0) is 0 Å². The van der Waals surface area contributed by atoms with Crippen molar-refractivity contribution in [3.05, 3.63) is 22.3 Å². The number of nitrogens with zero attached hydrogens (tertiary/aromatic N) is 1. The van der Waals surface area contributed by atoms with Gasteiger partial charge in [0, 0.05) is 11.0 Å². The zero-order valence-corrected chi connectivity index (χ0v) is 11.6. The van der Waals surface area contributed by atoms with Crippen LogP contribution in [0.2, 0.25) is 0 Å². The Balaban J connectivity index is 1.96. The van der Waals surface area contributed by atoms with Crippen LogP contribution in [0, 0.1) is 12.3 Å². The van der Waals surface area contributed by atoms with Crippen molar-refractivity contribution in [2.45, 2.75) is 39.5 Å². The summed E-state index contributed by atoms with van der Waals surface area (Å²) >= 11 is 3.47. The van der Waals surface area contributed by atoms with Crippen LogP contribution >= 0.6 is 15.9 Å². The Hall–Kier alpha value is -0.570. The molecule has 3 heteroatoms. The van der Waals surface area contributed by atoms with E-state index < -0.39 is 0 Å². The number of aryl methyl sites for hydroxylation is 1. The van der Waals surface area contributed by atoms with Crippen LogP contribution in [0.25, 0.3) is 0 Å². The lowest BCUT2D eigenvalue weighted by Crippen LogP contribution is -2.36. The number of aromatic nitrogens is 1. The second-order valence-corrected chi connectivity index (χ2v) is 5.68. The lowest BCUT2D eigenvalue weighted by molar-refractivity contribution is 0.145. The second kappa shape index (κ2) is 4.74. The molecule has 0 saturated heterocycles. The molecule has 1 aromatic rings. The third kappa shape index (κ3) is 2.40. The van der Waals surface area contributed by atoms with E-state index in [0.29, 0.717) is 5.41 Å². The first kappa shape index (κ1) is 11.9. The van der Waals surface area contributed by atoms with Gasteiger partial charge in [-0.3, -0.25) is 0 Å². The molecule has 1 saturated carbocycles. The van der Waals surface area contributed by atoms with Crippen LogP contribution in [0.15, 0.2) is 16.6 Å². The van der Waals surface area contributed by atoms with Gasteiger partial charge < -0.3 is 5.32 Å². The van der Waals surface area contributed by atoms with Crippen LogP contribution in [0.3, 0.4) is 0 Å². The fourth-order valence-electron chi connectivity index (χ4n) is 2.25. The zero-order chi connectivity index (χ0) is 11.6. The molecule has 2 nitrogen and oxygen atoms in total. The molecular weight excluding hydrogens is 264 g/mol. The van der Waals surface area contributed by atoms with Gasteiger partial charge in [-0.15, -0.1) is 0 Å². The van der Waals surface area contributed by atoms with E-state index in [1.165, 1.54) is 25.7 Å². The van der Waals surface area contributed by atoms with Crippen molar-refractivity contribution in [3.63, 3.8) is 0 Å². The van der Waals surface area contributed by atoms with E-state index in [4.69, 9.17) is 0 Å². The number of nitrogens with one attached hydrogen (secondary N) is 1. The number of halogens is 1. The topological polar surface area (TPSA) is 24.9 Å². The Morgan fingerprint density at radius 1 is 1.44 bits per heavy atom. The molecule has 0 atom stereocenters. The number of hydrogen-bond donors (Lipinski definition) is 1. The number of hydrogen-bond acceptors (Lipinski definition) is 2. The van der Waals surface area contributed by atoms with Gasteiger partial charge in [0.05, 0.1) is 5.69 Å². The summed E-state index contributed by atoms with van der Waals surface area (Å²) in [5.74, 6) is 1.00. The van der Waals surface area contributed by atoms with Crippen molar-refractivity contribution in [2.75, 3.05) is 11.9 Å². The predicted octanol–water partition coefficient (Wildman–Crippen LogP) is 4.14. The highest BCUT2D eigenvalue weighted by Crippen LogP contribution is 2.43. The molecule has 0 aliphatic heterocycles. The second-order valence-electron chi connectivity index (χ2n) is 4.82. The normalized spacial score (nSPS) is 17.9. The Kier molecular flexibility index (Phi) is 3.53. The lowest BCUT2D eigenvalue weighted by atomic mass is 9.67. The van der Waals surface area contributed by atoms with Gasteiger partial charge in [-0.05, 0) is 59.7 Å². The molecule has 0 unspecified atom stereocenters. The van der Waals surface area contributed by atoms with Crippen LogP contribution in [-0.4, -0.2) is 11.5 Å². The van der Waals surface area contributed by atoms with E-state index in [1.54, 1.807) is 0 Å². The van der Waals surface area contributed by atoms with Crippen molar-refractivity contribution in [2.24, 2.45) is 5.41 Å². The molecule has 0 amide bonds. The first-order chi connectivity index (χ1) is 7.65. The largest absolute Gasteiger partial charge is 0.370 e. The van der Waals surface area contributed by atoms with Crippen molar-refractivity contribution in [1.29, 1.82) is 0 Å². The average Bonchev–Trinajstić information content (AvgIpc) is 2.22. The first-order valence-electron chi connectivity index (χ1n) is 6.02. The summed E-state index contributed by atoms with van der Waals surface area (Å²) in [6.45, 7) is 5.38. The van der Waals surface area contributed by atoms with E-state index in [9.17, 15) is 0 Å². The Labute approximate surface area is 106 Å². The molecular formula is C13H19BrN2. The quantitative estimate of drug-likeness (QED) is 0.898.